The number of amides is 4. The Labute approximate surface area is 143 Å². The number of aromatic nitrogens is 2. The lowest BCUT2D eigenvalue weighted by Crippen LogP contribution is -2.49. The van der Waals surface area contributed by atoms with E-state index < -0.39 is 23.4 Å². The second kappa shape index (κ2) is 5.87. The molecule has 2 heterocycles. The number of nitrogen functional groups attached to an aromatic ring is 1. The molecule has 0 bridgehead atoms. The normalized spacial score (nSPS) is 24.6. The fraction of sp³-hybridized carbons (Fsp3) is 0.533. The first-order valence-corrected chi connectivity index (χ1v) is 7.96. The number of urea groups is 1. The number of carbonyl (C=O) groups excluding carboxylic acids is 3. The Morgan fingerprint density at radius 3 is 2.64 bits per heavy atom. The number of hydrogen-bond donors (Lipinski definition) is 4. The summed E-state index contributed by atoms with van der Waals surface area (Å²) in [6.45, 7) is 2.86. The minimum Gasteiger partial charge on any atom is -0.369 e. The summed E-state index contributed by atoms with van der Waals surface area (Å²) in [6.07, 6.45) is 1.24. The largest absolute Gasteiger partial charge is 0.369 e. The van der Waals surface area contributed by atoms with E-state index in [4.69, 9.17) is 5.73 Å². The van der Waals surface area contributed by atoms with E-state index >= 15 is 0 Å². The molecule has 1 aromatic heterocycles. The molecule has 5 N–H and O–H groups in total. The van der Waals surface area contributed by atoms with E-state index in [0.717, 1.165) is 4.90 Å². The Morgan fingerprint density at radius 1 is 1.40 bits per heavy atom. The third kappa shape index (κ3) is 3.32. The highest BCUT2D eigenvalue weighted by Crippen LogP contribution is 2.35. The van der Waals surface area contributed by atoms with Crippen LogP contribution in [0.5, 0.6) is 0 Å². The molecule has 1 aromatic rings. The van der Waals surface area contributed by atoms with Crippen molar-refractivity contribution < 1.29 is 14.4 Å². The monoisotopic (exact) mass is 348 g/mol. The second-order valence-electron chi connectivity index (χ2n) is 6.93. The zero-order chi connectivity index (χ0) is 18.4. The molecule has 4 amide bonds. The number of anilines is 1. The lowest BCUT2D eigenvalue weighted by molar-refractivity contribution is -0.134. The molecule has 0 spiro atoms. The maximum Gasteiger partial charge on any atom is 0.325 e. The Bertz CT molecular complexity index is 795. The molecule has 0 radical (unpaired) electrons. The fourth-order valence-electron chi connectivity index (χ4n) is 3.06. The van der Waals surface area contributed by atoms with Crippen LogP contribution >= 0.6 is 0 Å². The van der Waals surface area contributed by atoms with Gasteiger partial charge >= 0.3 is 6.03 Å². The van der Waals surface area contributed by atoms with Crippen molar-refractivity contribution in [3.8, 4) is 0 Å². The predicted octanol–water partition coefficient (Wildman–Crippen LogP) is -0.955. The van der Waals surface area contributed by atoms with Gasteiger partial charge in [-0.3, -0.25) is 24.3 Å². The summed E-state index contributed by atoms with van der Waals surface area (Å²) in [6, 6.07) is 0.738. The van der Waals surface area contributed by atoms with Crippen LogP contribution in [0.4, 0.5) is 10.7 Å². The summed E-state index contributed by atoms with van der Waals surface area (Å²) in [4.78, 5) is 54.7. The number of hydrogen-bond acceptors (Lipinski definition) is 6. The van der Waals surface area contributed by atoms with Gasteiger partial charge in [0.1, 0.15) is 12.1 Å². The smallest absolute Gasteiger partial charge is 0.325 e. The van der Waals surface area contributed by atoms with Crippen LogP contribution < -0.4 is 21.9 Å². The number of aromatic amines is 1. The molecule has 1 saturated carbocycles. The molecule has 2 fully saturated rings. The highest BCUT2D eigenvalue weighted by Gasteiger charge is 2.45. The quantitative estimate of drug-likeness (QED) is 0.515. The zero-order valence-corrected chi connectivity index (χ0v) is 14.0. The van der Waals surface area contributed by atoms with Crippen molar-refractivity contribution in [2.24, 2.45) is 0 Å². The molecule has 2 aliphatic rings. The van der Waals surface area contributed by atoms with E-state index in [1.165, 1.54) is 6.07 Å². The van der Waals surface area contributed by atoms with E-state index in [-0.39, 0.29) is 30.0 Å². The molecular weight excluding hydrogens is 328 g/mol. The van der Waals surface area contributed by atoms with Gasteiger partial charge in [0.15, 0.2) is 0 Å². The highest BCUT2D eigenvalue weighted by molar-refractivity contribution is 6.08. The van der Waals surface area contributed by atoms with E-state index in [2.05, 4.69) is 20.6 Å². The molecule has 0 atom stereocenters. The van der Waals surface area contributed by atoms with Crippen molar-refractivity contribution in [2.75, 3.05) is 12.3 Å². The van der Waals surface area contributed by atoms with Crippen molar-refractivity contribution in [2.45, 2.75) is 44.2 Å². The molecule has 25 heavy (non-hydrogen) atoms. The zero-order valence-electron chi connectivity index (χ0n) is 14.0. The van der Waals surface area contributed by atoms with Gasteiger partial charge in [0.2, 0.25) is 11.9 Å². The molecule has 134 valence electrons. The summed E-state index contributed by atoms with van der Waals surface area (Å²) in [7, 11) is 0. The summed E-state index contributed by atoms with van der Waals surface area (Å²) in [5.41, 5.74) is 4.81. The van der Waals surface area contributed by atoms with Crippen LogP contribution in [-0.4, -0.2) is 50.8 Å². The van der Waals surface area contributed by atoms with Gasteiger partial charge in [-0.2, -0.15) is 0 Å². The SMILES string of the molecule is CC1(C)NC(=O)N(CC(=O)NC2CC(c3cc(=O)[nH]c(N)n3)C2)C1=O. The van der Waals surface area contributed by atoms with Gasteiger partial charge in [0.25, 0.3) is 11.5 Å². The Morgan fingerprint density at radius 2 is 2.08 bits per heavy atom. The van der Waals surface area contributed by atoms with Crippen molar-refractivity contribution in [3.05, 3.63) is 22.1 Å². The average molecular weight is 348 g/mol. The van der Waals surface area contributed by atoms with Gasteiger partial charge in [-0.15, -0.1) is 0 Å². The summed E-state index contributed by atoms with van der Waals surface area (Å²) >= 11 is 0. The lowest BCUT2D eigenvalue weighted by Gasteiger charge is -2.35. The average Bonchev–Trinajstić information content (AvgIpc) is 2.63. The predicted molar refractivity (Wildman–Crippen MR) is 87.5 cm³/mol. The van der Waals surface area contributed by atoms with Crippen molar-refractivity contribution >= 4 is 23.8 Å². The van der Waals surface area contributed by atoms with Crippen LogP contribution in [0.1, 0.15) is 38.3 Å². The lowest BCUT2D eigenvalue weighted by atomic mass is 9.78. The maximum absolute atomic E-state index is 12.1. The van der Waals surface area contributed by atoms with Crippen molar-refractivity contribution in [1.29, 1.82) is 0 Å². The summed E-state index contributed by atoms with van der Waals surface area (Å²) < 4.78 is 0. The molecule has 0 aromatic carbocycles. The van der Waals surface area contributed by atoms with E-state index in [1.54, 1.807) is 13.8 Å². The standard InChI is InChI=1S/C15H20N6O4/c1-15(2)12(24)21(14(25)20-15)6-11(23)17-8-3-7(4-8)9-5-10(22)19-13(16)18-9/h5,7-8H,3-4,6H2,1-2H3,(H,17,23)(H,20,25)(H3,16,18,19,22). The first-order chi connectivity index (χ1) is 11.7. The van der Waals surface area contributed by atoms with Gasteiger partial charge in [-0.1, -0.05) is 0 Å². The number of carbonyl (C=O) groups is 3. The van der Waals surface area contributed by atoms with Crippen molar-refractivity contribution in [1.82, 2.24) is 25.5 Å². The van der Waals surface area contributed by atoms with Gasteiger partial charge in [0, 0.05) is 18.0 Å². The molecule has 1 aliphatic carbocycles. The van der Waals surface area contributed by atoms with Crippen LogP contribution in [0, 0.1) is 0 Å². The molecule has 10 nitrogen and oxygen atoms in total. The molecular formula is C15H20N6O4. The minimum absolute atomic E-state index is 0.0468. The van der Waals surface area contributed by atoms with E-state index in [0.29, 0.717) is 18.5 Å². The van der Waals surface area contributed by atoms with Crippen molar-refractivity contribution in [3.63, 3.8) is 0 Å². The molecule has 1 aliphatic heterocycles. The van der Waals surface area contributed by atoms with Gasteiger partial charge in [-0.25, -0.2) is 9.78 Å². The number of H-pyrrole nitrogens is 1. The first-order valence-electron chi connectivity index (χ1n) is 7.96. The van der Waals surface area contributed by atoms with Gasteiger partial charge in [0.05, 0.1) is 5.69 Å². The Balaban J connectivity index is 1.52. The number of nitrogens with one attached hydrogen (secondary N) is 3. The van der Waals surface area contributed by atoms with Crippen LogP contribution in [-0.2, 0) is 9.59 Å². The minimum atomic E-state index is -0.995. The topological polar surface area (TPSA) is 150 Å². The number of imide groups is 1. The Hall–Kier alpha value is -2.91. The number of nitrogens with zero attached hydrogens (tertiary/aromatic N) is 2. The molecule has 0 unspecified atom stereocenters. The number of rotatable bonds is 4. The van der Waals surface area contributed by atoms with Crippen LogP contribution in [0.25, 0.3) is 0 Å². The number of nitrogens with two attached hydrogens (primary N) is 1. The van der Waals surface area contributed by atoms with Crippen LogP contribution in [0.2, 0.25) is 0 Å². The van der Waals surface area contributed by atoms with Crippen LogP contribution in [0.3, 0.4) is 0 Å². The third-order valence-corrected chi connectivity index (χ3v) is 4.45. The van der Waals surface area contributed by atoms with Crippen LogP contribution in [0.15, 0.2) is 10.9 Å². The molecule has 10 heteroatoms. The Kier molecular flexibility index (Phi) is 3.97. The third-order valence-electron chi connectivity index (χ3n) is 4.45. The summed E-state index contributed by atoms with van der Waals surface area (Å²) in [5, 5.41) is 5.31. The summed E-state index contributed by atoms with van der Waals surface area (Å²) in [5.74, 6) is -0.716. The maximum atomic E-state index is 12.1. The van der Waals surface area contributed by atoms with E-state index in [1.807, 2.05) is 0 Å². The highest BCUT2D eigenvalue weighted by atomic mass is 16.2. The second-order valence-corrected chi connectivity index (χ2v) is 6.93. The molecule has 3 rings (SSSR count). The molecule has 1 saturated heterocycles. The fourth-order valence-corrected chi connectivity index (χ4v) is 3.06. The van der Waals surface area contributed by atoms with Gasteiger partial charge < -0.3 is 16.4 Å². The van der Waals surface area contributed by atoms with Gasteiger partial charge in [-0.05, 0) is 26.7 Å². The first kappa shape index (κ1) is 16.9. The van der Waals surface area contributed by atoms with E-state index in [9.17, 15) is 19.2 Å².